The zero-order chi connectivity index (χ0) is 15.2. The van der Waals surface area contributed by atoms with Gasteiger partial charge in [-0.25, -0.2) is 5.43 Å². The second-order valence-electron chi connectivity index (χ2n) is 4.31. The first-order chi connectivity index (χ1) is 10.1. The van der Waals surface area contributed by atoms with E-state index in [1.54, 1.807) is 43.3 Å². The van der Waals surface area contributed by atoms with Gasteiger partial charge in [0.25, 0.3) is 11.6 Å². The number of hydrogen-bond acceptors (Lipinski definition) is 4. The summed E-state index contributed by atoms with van der Waals surface area (Å²) in [5, 5.41) is 14.6. The summed E-state index contributed by atoms with van der Waals surface area (Å²) in [6.45, 7) is 1.71. The first-order valence-corrected chi connectivity index (χ1v) is 6.22. The molecule has 0 atom stereocenters. The van der Waals surface area contributed by atoms with E-state index in [9.17, 15) is 14.9 Å². The summed E-state index contributed by atoms with van der Waals surface area (Å²) in [6.07, 6.45) is 0. The predicted octanol–water partition coefficient (Wildman–Crippen LogP) is 2.75. The van der Waals surface area contributed by atoms with Crippen molar-refractivity contribution in [1.82, 2.24) is 5.43 Å². The van der Waals surface area contributed by atoms with Crippen LogP contribution in [0.2, 0.25) is 0 Å². The first kappa shape index (κ1) is 14.4. The number of nitrogens with one attached hydrogen (secondary N) is 1. The average Bonchev–Trinajstić information content (AvgIpc) is 2.53. The molecule has 2 aromatic carbocycles. The Morgan fingerprint density at radius 2 is 1.67 bits per heavy atom. The van der Waals surface area contributed by atoms with Crippen molar-refractivity contribution < 1.29 is 9.72 Å². The minimum atomic E-state index is -0.465. The lowest BCUT2D eigenvalue weighted by molar-refractivity contribution is -0.384. The van der Waals surface area contributed by atoms with Gasteiger partial charge in [0.2, 0.25) is 0 Å². The molecule has 6 nitrogen and oxygen atoms in total. The zero-order valence-electron chi connectivity index (χ0n) is 11.3. The number of hydrogen-bond donors (Lipinski definition) is 1. The Balaban J connectivity index is 2.07. The highest BCUT2D eigenvalue weighted by atomic mass is 16.6. The van der Waals surface area contributed by atoms with Gasteiger partial charge in [-0.15, -0.1) is 0 Å². The van der Waals surface area contributed by atoms with Crippen molar-refractivity contribution in [1.29, 1.82) is 0 Å². The summed E-state index contributed by atoms with van der Waals surface area (Å²) in [7, 11) is 0. The van der Waals surface area contributed by atoms with Gasteiger partial charge in [-0.2, -0.15) is 5.10 Å². The summed E-state index contributed by atoms with van der Waals surface area (Å²) < 4.78 is 0. The lowest BCUT2D eigenvalue weighted by Crippen LogP contribution is -2.19. The first-order valence-electron chi connectivity index (χ1n) is 6.22. The molecular weight excluding hydrogens is 270 g/mol. The van der Waals surface area contributed by atoms with Crippen LogP contribution in [0.3, 0.4) is 0 Å². The third-order valence-corrected chi connectivity index (χ3v) is 2.86. The molecule has 0 aliphatic rings. The van der Waals surface area contributed by atoms with Gasteiger partial charge in [-0.3, -0.25) is 14.9 Å². The van der Waals surface area contributed by atoms with Crippen LogP contribution in [0.4, 0.5) is 5.69 Å². The van der Waals surface area contributed by atoms with E-state index in [-0.39, 0.29) is 11.6 Å². The maximum absolute atomic E-state index is 11.8. The molecular formula is C15H13N3O3. The second kappa shape index (κ2) is 6.42. The fourth-order valence-electron chi connectivity index (χ4n) is 1.68. The summed E-state index contributed by atoms with van der Waals surface area (Å²) in [5.41, 5.74) is 4.24. The topological polar surface area (TPSA) is 84.6 Å². The molecule has 0 saturated heterocycles. The minimum absolute atomic E-state index is 0.0138. The molecule has 21 heavy (non-hydrogen) atoms. The molecule has 0 radical (unpaired) electrons. The van der Waals surface area contributed by atoms with Crippen LogP contribution in [0, 0.1) is 10.1 Å². The Hall–Kier alpha value is -3.02. The number of non-ortho nitro benzene ring substituents is 1. The third-order valence-electron chi connectivity index (χ3n) is 2.86. The largest absolute Gasteiger partial charge is 0.271 e. The number of rotatable bonds is 4. The Kier molecular flexibility index (Phi) is 4.40. The molecule has 0 fully saturated rings. The summed E-state index contributed by atoms with van der Waals surface area (Å²) in [4.78, 5) is 21.9. The van der Waals surface area contributed by atoms with E-state index >= 15 is 0 Å². The summed E-state index contributed by atoms with van der Waals surface area (Å²) in [6, 6.07) is 14.7. The highest BCUT2D eigenvalue weighted by molar-refractivity contribution is 6.00. The number of carbonyl (C=O) groups excluding carboxylic acids is 1. The van der Waals surface area contributed by atoms with Gasteiger partial charge in [0, 0.05) is 17.7 Å². The molecule has 2 rings (SSSR count). The minimum Gasteiger partial charge on any atom is -0.267 e. The normalized spacial score (nSPS) is 11.0. The van der Waals surface area contributed by atoms with Crippen molar-refractivity contribution in [2.75, 3.05) is 0 Å². The summed E-state index contributed by atoms with van der Waals surface area (Å²) >= 11 is 0. The molecule has 6 heteroatoms. The number of hydrazone groups is 1. The van der Waals surface area contributed by atoms with Gasteiger partial charge < -0.3 is 0 Å². The number of benzene rings is 2. The lowest BCUT2D eigenvalue weighted by atomic mass is 10.1. The summed E-state index contributed by atoms with van der Waals surface area (Å²) in [5.74, 6) is -0.308. The highest BCUT2D eigenvalue weighted by Gasteiger charge is 2.06. The Morgan fingerprint density at radius 1 is 1.05 bits per heavy atom. The van der Waals surface area contributed by atoms with Crippen molar-refractivity contribution >= 4 is 17.3 Å². The van der Waals surface area contributed by atoms with Crippen LogP contribution < -0.4 is 5.43 Å². The molecule has 1 N–H and O–H groups in total. The number of amides is 1. The SMILES string of the molecule is C/C(=N/NC(=O)c1ccccc1)c1ccc([N+](=O)[O-])cc1. The van der Waals surface area contributed by atoms with E-state index in [4.69, 9.17) is 0 Å². The fourth-order valence-corrected chi connectivity index (χ4v) is 1.68. The molecule has 0 aliphatic carbocycles. The average molecular weight is 283 g/mol. The van der Waals surface area contributed by atoms with Gasteiger partial charge in [-0.05, 0) is 36.8 Å². The molecule has 0 heterocycles. The van der Waals surface area contributed by atoms with E-state index in [0.29, 0.717) is 16.8 Å². The van der Waals surface area contributed by atoms with Crippen LogP contribution >= 0.6 is 0 Å². The molecule has 2 aromatic rings. The Bertz CT molecular complexity index is 679. The van der Waals surface area contributed by atoms with Gasteiger partial charge >= 0.3 is 0 Å². The third kappa shape index (κ3) is 3.73. The van der Waals surface area contributed by atoms with E-state index < -0.39 is 4.92 Å². The molecule has 106 valence electrons. The van der Waals surface area contributed by atoms with Crippen molar-refractivity contribution in [2.45, 2.75) is 6.92 Å². The van der Waals surface area contributed by atoms with Crippen LogP contribution in [-0.4, -0.2) is 16.5 Å². The molecule has 0 aromatic heterocycles. The van der Waals surface area contributed by atoms with E-state index in [1.807, 2.05) is 6.07 Å². The van der Waals surface area contributed by atoms with E-state index in [0.717, 1.165) is 0 Å². The van der Waals surface area contributed by atoms with Gasteiger partial charge in [-0.1, -0.05) is 18.2 Å². The van der Waals surface area contributed by atoms with Crippen molar-refractivity contribution in [3.05, 3.63) is 75.8 Å². The molecule has 0 aliphatic heterocycles. The monoisotopic (exact) mass is 283 g/mol. The predicted molar refractivity (Wildman–Crippen MR) is 79.2 cm³/mol. The second-order valence-corrected chi connectivity index (χ2v) is 4.31. The molecule has 0 bridgehead atoms. The highest BCUT2D eigenvalue weighted by Crippen LogP contribution is 2.12. The lowest BCUT2D eigenvalue weighted by Gasteiger charge is -2.03. The van der Waals surface area contributed by atoms with Crippen molar-refractivity contribution in [3.63, 3.8) is 0 Å². The van der Waals surface area contributed by atoms with Crippen LogP contribution in [0.1, 0.15) is 22.8 Å². The van der Waals surface area contributed by atoms with E-state index in [1.165, 1.54) is 12.1 Å². The maximum Gasteiger partial charge on any atom is 0.271 e. The smallest absolute Gasteiger partial charge is 0.267 e. The Morgan fingerprint density at radius 3 is 2.24 bits per heavy atom. The zero-order valence-corrected chi connectivity index (χ0v) is 11.3. The molecule has 1 amide bonds. The number of nitro benzene ring substituents is 1. The fraction of sp³-hybridized carbons (Fsp3) is 0.0667. The van der Waals surface area contributed by atoms with Crippen LogP contribution in [0.15, 0.2) is 59.7 Å². The van der Waals surface area contributed by atoms with Crippen LogP contribution in [-0.2, 0) is 0 Å². The van der Waals surface area contributed by atoms with Gasteiger partial charge in [0.15, 0.2) is 0 Å². The van der Waals surface area contributed by atoms with Crippen LogP contribution in [0.5, 0.6) is 0 Å². The number of nitrogens with zero attached hydrogens (tertiary/aromatic N) is 2. The Labute approximate surface area is 121 Å². The number of nitro groups is 1. The van der Waals surface area contributed by atoms with E-state index in [2.05, 4.69) is 10.5 Å². The quantitative estimate of drug-likeness (QED) is 0.532. The van der Waals surface area contributed by atoms with Crippen molar-refractivity contribution in [3.8, 4) is 0 Å². The standard InChI is InChI=1S/C15H13N3O3/c1-11(12-7-9-14(10-8-12)18(20)21)16-17-15(19)13-5-3-2-4-6-13/h2-10H,1H3,(H,17,19)/b16-11-. The van der Waals surface area contributed by atoms with Gasteiger partial charge in [0.1, 0.15) is 0 Å². The van der Waals surface area contributed by atoms with Crippen molar-refractivity contribution in [2.24, 2.45) is 5.10 Å². The molecule has 0 saturated carbocycles. The number of carbonyl (C=O) groups is 1. The van der Waals surface area contributed by atoms with Crippen LogP contribution in [0.25, 0.3) is 0 Å². The maximum atomic E-state index is 11.8. The van der Waals surface area contributed by atoms with Gasteiger partial charge in [0.05, 0.1) is 10.6 Å². The molecule has 0 spiro atoms. The molecule has 0 unspecified atom stereocenters.